The number of rotatable bonds is 7. The van der Waals surface area contributed by atoms with E-state index < -0.39 is 3.79 Å². The highest BCUT2D eigenvalue weighted by Gasteiger charge is 2.29. The minimum atomic E-state index is -1.76. The molecule has 2 aromatic carbocycles. The van der Waals surface area contributed by atoms with Crippen LogP contribution < -0.4 is 10.1 Å². The molecule has 29 heavy (non-hydrogen) atoms. The van der Waals surface area contributed by atoms with Gasteiger partial charge in [0.15, 0.2) is 11.6 Å². The minimum absolute atomic E-state index is 0.0718. The molecule has 0 bridgehead atoms. The predicted molar refractivity (Wildman–Crippen MR) is 120 cm³/mol. The summed E-state index contributed by atoms with van der Waals surface area (Å²) < 4.78 is 3.71. The summed E-state index contributed by atoms with van der Waals surface area (Å²) in [6, 6.07) is 11.6. The van der Waals surface area contributed by atoms with Crippen molar-refractivity contribution >= 4 is 51.5 Å². The van der Waals surface area contributed by atoms with Crippen LogP contribution in [-0.2, 0) is 3.79 Å². The van der Waals surface area contributed by atoms with Gasteiger partial charge in [-0.2, -0.15) is 9.97 Å². The number of nitrogens with zero attached hydrogens (tertiary/aromatic N) is 4. The van der Waals surface area contributed by atoms with Crippen LogP contribution >= 0.6 is 34.8 Å². The minimum Gasteiger partial charge on any atom is -0.496 e. The zero-order valence-electron chi connectivity index (χ0n) is 16.4. The van der Waals surface area contributed by atoms with Gasteiger partial charge in [0.25, 0.3) is 0 Å². The largest absolute Gasteiger partial charge is 0.496 e. The SMILES string of the molecule is COc1ccc(-c2nc(NCCCN(C)C)nc(C(Cl)(Cl)Cl)n2)c2ccccc12. The first-order valence-corrected chi connectivity index (χ1v) is 10.2. The molecule has 0 spiro atoms. The van der Waals surface area contributed by atoms with Crippen molar-refractivity contribution in [3.05, 3.63) is 42.2 Å². The summed E-state index contributed by atoms with van der Waals surface area (Å²) in [5.41, 5.74) is 0.802. The Balaban J connectivity index is 2.05. The third-order valence-corrected chi connectivity index (χ3v) is 4.81. The molecule has 0 saturated heterocycles. The average Bonchev–Trinajstić information content (AvgIpc) is 2.69. The standard InChI is InChI=1S/C20H22Cl3N5O/c1-28(2)12-6-11-24-19-26-17(25-18(27-19)20(21,22)23)15-9-10-16(29-3)14-8-5-4-7-13(14)15/h4-5,7-10H,6,11-12H2,1-3H3,(H,24,25,26,27). The summed E-state index contributed by atoms with van der Waals surface area (Å²) in [7, 11) is 5.69. The Labute approximate surface area is 185 Å². The Morgan fingerprint density at radius 3 is 2.38 bits per heavy atom. The molecule has 0 atom stereocenters. The lowest BCUT2D eigenvalue weighted by molar-refractivity contribution is 0.405. The van der Waals surface area contributed by atoms with Crippen molar-refractivity contribution in [2.45, 2.75) is 10.2 Å². The first-order valence-electron chi connectivity index (χ1n) is 9.07. The maximum absolute atomic E-state index is 6.08. The lowest BCUT2D eigenvalue weighted by Crippen LogP contribution is -2.18. The van der Waals surface area contributed by atoms with E-state index in [2.05, 4.69) is 25.2 Å². The fraction of sp³-hybridized carbons (Fsp3) is 0.350. The van der Waals surface area contributed by atoms with Crippen LogP contribution in [0.25, 0.3) is 22.2 Å². The van der Waals surface area contributed by atoms with Crippen LogP contribution in [-0.4, -0.2) is 54.1 Å². The fourth-order valence-corrected chi connectivity index (χ4v) is 3.20. The van der Waals surface area contributed by atoms with E-state index >= 15 is 0 Å². The molecule has 0 radical (unpaired) electrons. The van der Waals surface area contributed by atoms with Crippen molar-refractivity contribution in [2.75, 3.05) is 39.6 Å². The Morgan fingerprint density at radius 1 is 1.00 bits per heavy atom. The molecule has 3 aromatic rings. The van der Waals surface area contributed by atoms with E-state index in [1.54, 1.807) is 7.11 Å². The van der Waals surface area contributed by atoms with Crippen LogP contribution in [0.4, 0.5) is 5.95 Å². The van der Waals surface area contributed by atoms with Crippen molar-refractivity contribution in [3.63, 3.8) is 0 Å². The highest BCUT2D eigenvalue weighted by atomic mass is 35.6. The average molecular weight is 455 g/mol. The van der Waals surface area contributed by atoms with Crippen LogP contribution in [0.1, 0.15) is 12.2 Å². The number of methoxy groups -OCH3 is 1. The van der Waals surface area contributed by atoms with E-state index in [0.29, 0.717) is 18.3 Å². The molecule has 154 valence electrons. The number of hydrogen-bond acceptors (Lipinski definition) is 6. The van der Waals surface area contributed by atoms with Gasteiger partial charge < -0.3 is 15.0 Å². The van der Waals surface area contributed by atoms with E-state index in [0.717, 1.165) is 35.1 Å². The second-order valence-electron chi connectivity index (χ2n) is 6.75. The third-order valence-electron chi connectivity index (χ3n) is 4.30. The lowest BCUT2D eigenvalue weighted by atomic mass is 10.0. The number of halogens is 3. The van der Waals surface area contributed by atoms with E-state index in [-0.39, 0.29) is 5.82 Å². The second kappa shape index (κ2) is 9.30. The van der Waals surface area contributed by atoms with Crippen molar-refractivity contribution < 1.29 is 4.74 Å². The number of benzene rings is 2. The van der Waals surface area contributed by atoms with Crippen molar-refractivity contribution in [3.8, 4) is 17.1 Å². The van der Waals surface area contributed by atoms with Gasteiger partial charge in [0.05, 0.1) is 7.11 Å². The molecule has 0 aliphatic carbocycles. The summed E-state index contributed by atoms with van der Waals surface area (Å²) in [5, 5.41) is 5.09. The fourth-order valence-electron chi connectivity index (χ4n) is 2.94. The normalized spacial score (nSPS) is 11.8. The summed E-state index contributed by atoms with van der Waals surface area (Å²) >= 11 is 18.2. The first kappa shape index (κ1) is 21.8. The molecule has 3 rings (SSSR count). The molecule has 0 amide bonds. The Kier molecular flexibility index (Phi) is 7.01. The van der Waals surface area contributed by atoms with Gasteiger partial charge in [-0.1, -0.05) is 59.1 Å². The van der Waals surface area contributed by atoms with Gasteiger partial charge >= 0.3 is 0 Å². The van der Waals surface area contributed by atoms with E-state index in [1.165, 1.54) is 0 Å². The number of hydrogen-bond donors (Lipinski definition) is 1. The van der Waals surface area contributed by atoms with Gasteiger partial charge in [-0.25, -0.2) is 4.98 Å². The van der Waals surface area contributed by atoms with Crippen molar-refractivity contribution in [1.82, 2.24) is 19.9 Å². The number of fused-ring (bicyclic) bond motifs is 1. The summed E-state index contributed by atoms with van der Waals surface area (Å²) in [4.78, 5) is 15.4. The van der Waals surface area contributed by atoms with Gasteiger partial charge in [-0.15, -0.1) is 0 Å². The molecule has 1 heterocycles. The lowest BCUT2D eigenvalue weighted by Gasteiger charge is -2.15. The summed E-state index contributed by atoms with van der Waals surface area (Å²) in [6.45, 7) is 1.62. The molecule has 1 N–H and O–H groups in total. The third kappa shape index (κ3) is 5.39. The van der Waals surface area contributed by atoms with E-state index in [1.807, 2.05) is 50.5 Å². The molecule has 0 saturated carbocycles. The molecule has 0 aliphatic rings. The topological polar surface area (TPSA) is 63.2 Å². The highest BCUT2D eigenvalue weighted by molar-refractivity contribution is 6.66. The van der Waals surface area contributed by atoms with Gasteiger partial charge in [0.1, 0.15) is 5.75 Å². The predicted octanol–water partition coefficient (Wildman–Crippen LogP) is 4.89. The monoisotopic (exact) mass is 453 g/mol. The number of ether oxygens (including phenoxy) is 1. The van der Waals surface area contributed by atoms with E-state index in [9.17, 15) is 0 Å². The zero-order valence-corrected chi connectivity index (χ0v) is 18.7. The first-order chi connectivity index (χ1) is 13.8. The maximum atomic E-state index is 6.08. The summed E-state index contributed by atoms with van der Waals surface area (Å²) in [5.74, 6) is 1.63. The van der Waals surface area contributed by atoms with Crippen LogP contribution in [0, 0.1) is 0 Å². The van der Waals surface area contributed by atoms with Gasteiger partial charge in [-0.3, -0.25) is 0 Å². The number of alkyl halides is 3. The number of nitrogens with one attached hydrogen (secondary N) is 1. The molecule has 0 fully saturated rings. The van der Waals surface area contributed by atoms with Crippen molar-refractivity contribution in [1.29, 1.82) is 0 Å². The van der Waals surface area contributed by atoms with E-state index in [4.69, 9.17) is 39.5 Å². The highest BCUT2D eigenvalue weighted by Crippen LogP contribution is 2.38. The van der Waals surface area contributed by atoms with Crippen LogP contribution in [0.15, 0.2) is 36.4 Å². The van der Waals surface area contributed by atoms with Crippen molar-refractivity contribution in [2.24, 2.45) is 0 Å². The number of anilines is 1. The Hall–Kier alpha value is -1.86. The maximum Gasteiger partial charge on any atom is 0.250 e. The molecule has 0 aliphatic heterocycles. The molecule has 9 heteroatoms. The smallest absolute Gasteiger partial charge is 0.250 e. The number of aromatic nitrogens is 3. The molecule has 0 unspecified atom stereocenters. The quantitative estimate of drug-likeness (QED) is 0.405. The van der Waals surface area contributed by atoms with Gasteiger partial charge in [-0.05, 0) is 44.6 Å². The molecule has 1 aromatic heterocycles. The molecular formula is C20H22Cl3N5O. The zero-order chi connectivity index (χ0) is 21.0. The molecule has 6 nitrogen and oxygen atoms in total. The van der Waals surface area contributed by atoms with Gasteiger partial charge in [0.2, 0.25) is 9.74 Å². The Bertz CT molecular complexity index is 992. The molecular weight excluding hydrogens is 433 g/mol. The Morgan fingerprint density at radius 2 is 1.72 bits per heavy atom. The van der Waals surface area contributed by atoms with Gasteiger partial charge in [0, 0.05) is 17.5 Å². The second-order valence-corrected chi connectivity index (χ2v) is 9.03. The summed E-state index contributed by atoms with van der Waals surface area (Å²) in [6.07, 6.45) is 0.919. The van der Waals surface area contributed by atoms with Crippen LogP contribution in [0.5, 0.6) is 5.75 Å². The van der Waals surface area contributed by atoms with Crippen LogP contribution in [0.2, 0.25) is 0 Å². The van der Waals surface area contributed by atoms with Crippen LogP contribution in [0.3, 0.4) is 0 Å².